The zero-order valence-corrected chi connectivity index (χ0v) is 18.2. The molecule has 2 rings (SSSR count). The van der Waals surface area contributed by atoms with Crippen molar-refractivity contribution in [3.05, 3.63) is 35.9 Å². The van der Waals surface area contributed by atoms with Crippen LogP contribution in [0.25, 0.3) is 6.08 Å². The van der Waals surface area contributed by atoms with E-state index in [1.165, 1.54) is 48.5 Å². The number of anilines is 1. The molecule has 0 bridgehead atoms. The average Bonchev–Trinajstić information content (AvgIpc) is 2.76. The molecule has 1 amide bonds. The van der Waals surface area contributed by atoms with E-state index in [0.717, 1.165) is 0 Å². The molecule has 166 valence electrons. The fourth-order valence-corrected chi connectivity index (χ4v) is 2.75. The number of hydrogen-bond acceptors (Lipinski definition) is 8. The first-order valence-corrected chi connectivity index (χ1v) is 9.10. The number of benzene rings is 2. The van der Waals surface area contributed by atoms with Crippen LogP contribution >= 0.6 is 0 Å². The van der Waals surface area contributed by atoms with Crippen molar-refractivity contribution in [3.8, 4) is 34.5 Å². The third-order valence-electron chi connectivity index (χ3n) is 4.09. The Morgan fingerprint density at radius 2 is 1.23 bits per heavy atom. The first kappa shape index (κ1) is 23.4. The van der Waals surface area contributed by atoms with Crippen LogP contribution in [0.3, 0.4) is 0 Å². The van der Waals surface area contributed by atoms with E-state index in [1.54, 1.807) is 30.3 Å². The molecule has 0 heterocycles. The Labute approximate surface area is 180 Å². The van der Waals surface area contributed by atoms with Crippen LogP contribution in [0.2, 0.25) is 0 Å². The Kier molecular flexibility index (Phi) is 8.13. The van der Waals surface area contributed by atoms with Crippen molar-refractivity contribution >= 4 is 23.6 Å². The molecule has 9 heteroatoms. The third-order valence-corrected chi connectivity index (χ3v) is 4.09. The molecule has 0 saturated heterocycles. The highest BCUT2D eigenvalue weighted by Crippen LogP contribution is 2.40. The molecule has 0 atom stereocenters. The quantitative estimate of drug-likeness (QED) is 0.367. The molecule has 0 aliphatic carbocycles. The Bertz CT molecular complexity index is 933. The van der Waals surface area contributed by atoms with Gasteiger partial charge in [-0.2, -0.15) is 0 Å². The Morgan fingerprint density at radius 3 is 1.65 bits per heavy atom. The normalized spacial score (nSPS) is 10.4. The zero-order chi connectivity index (χ0) is 23.0. The molecule has 0 saturated carbocycles. The fraction of sp³-hybridized carbons (Fsp3) is 0.273. The minimum atomic E-state index is -0.510. The zero-order valence-electron chi connectivity index (χ0n) is 18.2. The van der Waals surface area contributed by atoms with Crippen molar-refractivity contribution in [2.75, 3.05) is 40.9 Å². The Balaban J connectivity index is 2.26. The van der Waals surface area contributed by atoms with Gasteiger partial charge in [0.05, 0.1) is 35.5 Å². The standard InChI is InChI=1S/C22H25NO8/c1-13(24)31-22-16(26-2)9-14(10-17(22)27-3)7-8-20(25)23-15-11-18(28-4)21(30-6)19(12-15)29-5/h7-12H,1-6H3,(H,23,25)/b8-7+. The predicted octanol–water partition coefficient (Wildman–Crippen LogP) is 3.31. The molecule has 0 aliphatic heterocycles. The van der Waals surface area contributed by atoms with Gasteiger partial charge in [0.15, 0.2) is 23.0 Å². The Hall–Kier alpha value is -3.88. The van der Waals surface area contributed by atoms with Gasteiger partial charge in [-0.3, -0.25) is 9.59 Å². The van der Waals surface area contributed by atoms with E-state index in [2.05, 4.69) is 5.32 Å². The van der Waals surface area contributed by atoms with Crippen LogP contribution in [-0.2, 0) is 9.59 Å². The van der Waals surface area contributed by atoms with E-state index in [0.29, 0.717) is 40.0 Å². The van der Waals surface area contributed by atoms with Gasteiger partial charge >= 0.3 is 5.97 Å². The lowest BCUT2D eigenvalue weighted by Crippen LogP contribution is -2.08. The van der Waals surface area contributed by atoms with Gasteiger partial charge in [0.1, 0.15) is 0 Å². The summed E-state index contributed by atoms with van der Waals surface area (Å²) in [6, 6.07) is 6.47. The van der Waals surface area contributed by atoms with E-state index in [4.69, 9.17) is 28.4 Å². The number of hydrogen-bond donors (Lipinski definition) is 1. The van der Waals surface area contributed by atoms with Gasteiger partial charge in [-0.05, 0) is 23.8 Å². The molecule has 0 unspecified atom stereocenters. The van der Waals surface area contributed by atoms with Crippen molar-refractivity contribution in [2.24, 2.45) is 0 Å². The maximum absolute atomic E-state index is 12.4. The summed E-state index contributed by atoms with van der Waals surface area (Å²) in [5.74, 6) is 1.09. The van der Waals surface area contributed by atoms with Gasteiger partial charge in [0.2, 0.25) is 17.4 Å². The minimum Gasteiger partial charge on any atom is -0.493 e. The van der Waals surface area contributed by atoms with Crippen molar-refractivity contribution in [2.45, 2.75) is 6.92 Å². The first-order chi connectivity index (χ1) is 14.9. The summed E-state index contributed by atoms with van der Waals surface area (Å²) in [6.07, 6.45) is 2.90. The number of methoxy groups -OCH3 is 5. The highest BCUT2D eigenvalue weighted by molar-refractivity contribution is 6.02. The van der Waals surface area contributed by atoms with Gasteiger partial charge in [-0.25, -0.2) is 0 Å². The van der Waals surface area contributed by atoms with Crippen LogP contribution in [0.1, 0.15) is 12.5 Å². The highest BCUT2D eigenvalue weighted by Gasteiger charge is 2.16. The average molecular weight is 431 g/mol. The number of esters is 1. The van der Waals surface area contributed by atoms with E-state index in [9.17, 15) is 9.59 Å². The fourth-order valence-electron chi connectivity index (χ4n) is 2.75. The van der Waals surface area contributed by atoms with Gasteiger partial charge in [-0.15, -0.1) is 0 Å². The van der Waals surface area contributed by atoms with Crippen LogP contribution < -0.4 is 33.7 Å². The van der Waals surface area contributed by atoms with E-state index in [-0.39, 0.29) is 5.75 Å². The summed E-state index contributed by atoms with van der Waals surface area (Å²) in [6.45, 7) is 1.28. The lowest BCUT2D eigenvalue weighted by Gasteiger charge is -2.14. The van der Waals surface area contributed by atoms with E-state index < -0.39 is 11.9 Å². The molecule has 9 nitrogen and oxygen atoms in total. The molecule has 31 heavy (non-hydrogen) atoms. The monoisotopic (exact) mass is 431 g/mol. The lowest BCUT2D eigenvalue weighted by molar-refractivity contribution is -0.132. The summed E-state index contributed by atoms with van der Waals surface area (Å²) in [7, 11) is 7.35. The summed E-state index contributed by atoms with van der Waals surface area (Å²) in [5.41, 5.74) is 1.06. The van der Waals surface area contributed by atoms with E-state index >= 15 is 0 Å². The number of nitrogens with one attached hydrogen (secondary N) is 1. The van der Waals surface area contributed by atoms with Crippen molar-refractivity contribution < 1.29 is 38.0 Å². The summed E-state index contributed by atoms with van der Waals surface area (Å²) >= 11 is 0. The number of rotatable bonds is 9. The van der Waals surface area contributed by atoms with Crippen LogP contribution in [-0.4, -0.2) is 47.4 Å². The largest absolute Gasteiger partial charge is 0.493 e. The smallest absolute Gasteiger partial charge is 0.308 e. The SMILES string of the molecule is COc1cc(NC(=O)/C=C/c2cc(OC)c(OC(C)=O)c(OC)c2)cc(OC)c1OC. The van der Waals surface area contributed by atoms with Gasteiger partial charge in [-0.1, -0.05) is 0 Å². The van der Waals surface area contributed by atoms with Gasteiger partial charge in [0, 0.05) is 30.8 Å². The molecule has 2 aromatic rings. The third kappa shape index (κ3) is 5.81. The maximum Gasteiger partial charge on any atom is 0.308 e. The van der Waals surface area contributed by atoms with Crippen molar-refractivity contribution in [1.29, 1.82) is 0 Å². The number of carbonyl (C=O) groups is 2. The van der Waals surface area contributed by atoms with Crippen LogP contribution in [0.4, 0.5) is 5.69 Å². The first-order valence-electron chi connectivity index (χ1n) is 9.10. The maximum atomic E-state index is 12.4. The molecule has 0 aromatic heterocycles. The lowest BCUT2D eigenvalue weighted by atomic mass is 10.1. The van der Waals surface area contributed by atoms with Crippen LogP contribution in [0.5, 0.6) is 34.5 Å². The molecular weight excluding hydrogens is 406 g/mol. The van der Waals surface area contributed by atoms with Crippen molar-refractivity contribution in [3.63, 3.8) is 0 Å². The van der Waals surface area contributed by atoms with E-state index in [1.807, 2.05) is 0 Å². The minimum absolute atomic E-state index is 0.163. The second kappa shape index (κ2) is 10.8. The summed E-state index contributed by atoms with van der Waals surface area (Å²) < 4.78 is 31.5. The second-order valence-electron chi connectivity index (χ2n) is 6.08. The Morgan fingerprint density at radius 1 is 0.742 bits per heavy atom. The number of ether oxygens (including phenoxy) is 6. The van der Waals surface area contributed by atoms with Gasteiger partial charge in [0.25, 0.3) is 0 Å². The molecule has 1 N–H and O–H groups in total. The molecule has 0 fully saturated rings. The number of carbonyl (C=O) groups excluding carboxylic acids is 2. The molecule has 0 radical (unpaired) electrons. The number of amides is 1. The van der Waals surface area contributed by atoms with Crippen LogP contribution in [0.15, 0.2) is 30.3 Å². The highest BCUT2D eigenvalue weighted by atomic mass is 16.6. The molecule has 0 aliphatic rings. The van der Waals surface area contributed by atoms with Crippen molar-refractivity contribution in [1.82, 2.24) is 0 Å². The molecule has 2 aromatic carbocycles. The second-order valence-corrected chi connectivity index (χ2v) is 6.08. The van der Waals surface area contributed by atoms with Gasteiger partial charge < -0.3 is 33.7 Å². The summed E-state index contributed by atoms with van der Waals surface area (Å²) in [5, 5.41) is 2.73. The summed E-state index contributed by atoms with van der Waals surface area (Å²) in [4.78, 5) is 23.7. The molecule has 0 spiro atoms. The predicted molar refractivity (Wildman–Crippen MR) is 115 cm³/mol. The topological polar surface area (TPSA) is 102 Å². The van der Waals surface area contributed by atoms with Crippen LogP contribution in [0, 0.1) is 0 Å². The molecular formula is C22H25NO8.